The Morgan fingerprint density at radius 1 is 1.30 bits per heavy atom. The summed E-state index contributed by atoms with van der Waals surface area (Å²) in [5.41, 5.74) is 8.29. The molecule has 0 bridgehead atoms. The molecule has 1 aliphatic rings. The maximum atomic E-state index is 12.2. The van der Waals surface area contributed by atoms with Gasteiger partial charge >= 0.3 is 0 Å². The molecule has 1 aliphatic heterocycles. The predicted octanol–water partition coefficient (Wildman–Crippen LogP) is 1.08. The second-order valence-corrected chi connectivity index (χ2v) is 5.45. The monoisotopic (exact) mass is 289 g/mol. The fraction of sp³-hybridized carbons (Fsp3) is 0.308. The summed E-state index contributed by atoms with van der Waals surface area (Å²) in [4.78, 5) is 25.1. The number of aromatic nitrogens is 2. The van der Waals surface area contributed by atoms with Gasteiger partial charge in [-0.2, -0.15) is 0 Å². The van der Waals surface area contributed by atoms with Crippen LogP contribution < -0.4 is 10.6 Å². The van der Waals surface area contributed by atoms with Crippen molar-refractivity contribution in [3.05, 3.63) is 34.9 Å². The van der Waals surface area contributed by atoms with Crippen molar-refractivity contribution in [1.82, 2.24) is 14.9 Å². The highest BCUT2D eigenvalue weighted by atomic mass is 32.1. The highest BCUT2D eigenvalue weighted by Gasteiger charge is 2.24. The minimum atomic E-state index is 0.0566. The van der Waals surface area contributed by atoms with Crippen LogP contribution in [0.4, 0.5) is 11.5 Å². The van der Waals surface area contributed by atoms with Gasteiger partial charge in [0, 0.05) is 32.4 Å². The summed E-state index contributed by atoms with van der Waals surface area (Å²) in [6.45, 7) is 2.83. The summed E-state index contributed by atoms with van der Waals surface area (Å²) in [5.74, 6) is 0.860. The van der Waals surface area contributed by atoms with Gasteiger partial charge < -0.3 is 15.5 Å². The largest absolute Gasteiger partial charge is 0.396 e. The molecule has 1 fully saturated rings. The molecule has 3 rings (SSSR count). The molecule has 2 aromatic rings. The molecular weight excluding hydrogens is 274 g/mol. The van der Waals surface area contributed by atoms with E-state index in [1.54, 1.807) is 17.9 Å². The highest BCUT2D eigenvalue weighted by molar-refractivity contribution is 7.11. The summed E-state index contributed by atoms with van der Waals surface area (Å²) < 4.78 is 0. The van der Waals surface area contributed by atoms with Gasteiger partial charge in [0.25, 0.3) is 5.91 Å². The first-order valence-corrected chi connectivity index (χ1v) is 7.27. The van der Waals surface area contributed by atoms with Crippen LogP contribution in [0.5, 0.6) is 0 Å². The summed E-state index contributed by atoms with van der Waals surface area (Å²) in [7, 11) is 0. The first-order valence-electron chi connectivity index (χ1n) is 6.39. The van der Waals surface area contributed by atoms with Crippen molar-refractivity contribution in [2.24, 2.45) is 0 Å². The minimum Gasteiger partial charge on any atom is -0.396 e. The van der Waals surface area contributed by atoms with Crippen molar-refractivity contribution >= 4 is 28.7 Å². The van der Waals surface area contributed by atoms with Gasteiger partial charge in [0.05, 0.1) is 17.4 Å². The zero-order valence-electron chi connectivity index (χ0n) is 10.9. The second kappa shape index (κ2) is 5.46. The zero-order valence-corrected chi connectivity index (χ0v) is 11.7. The molecule has 6 nitrogen and oxygen atoms in total. The van der Waals surface area contributed by atoms with E-state index in [9.17, 15) is 4.79 Å². The molecule has 20 heavy (non-hydrogen) atoms. The Hall–Kier alpha value is -2.15. The summed E-state index contributed by atoms with van der Waals surface area (Å²) in [6.07, 6.45) is 3.36. The Labute approximate surface area is 120 Å². The van der Waals surface area contributed by atoms with E-state index in [4.69, 9.17) is 5.73 Å². The van der Waals surface area contributed by atoms with Crippen LogP contribution in [0.25, 0.3) is 0 Å². The lowest BCUT2D eigenvalue weighted by atomic mass is 10.2. The fourth-order valence-corrected chi connectivity index (χ4v) is 2.86. The molecule has 104 valence electrons. The van der Waals surface area contributed by atoms with Crippen LogP contribution >= 0.6 is 11.3 Å². The Morgan fingerprint density at radius 2 is 2.10 bits per heavy atom. The van der Waals surface area contributed by atoms with Gasteiger partial charge in [-0.25, -0.2) is 4.98 Å². The second-order valence-electron chi connectivity index (χ2n) is 4.56. The normalized spacial score (nSPS) is 15.4. The van der Waals surface area contributed by atoms with Gasteiger partial charge in [0.15, 0.2) is 5.82 Å². The van der Waals surface area contributed by atoms with Crippen LogP contribution in [-0.2, 0) is 0 Å². The number of carbonyl (C=O) groups excluding carboxylic acids is 1. The van der Waals surface area contributed by atoms with Gasteiger partial charge in [-0.05, 0) is 12.1 Å². The molecule has 1 amide bonds. The number of hydrogen-bond donors (Lipinski definition) is 1. The molecule has 3 heterocycles. The molecule has 0 aromatic carbocycles. The number of anilines is 2. The number of amides is 1. The number of nitrogens with zero attached hydrogens (tertiary/aromatic N) is 4. The van der Waals surface area contributed by atoms with Crippen LogP contribution in [0.1, 0.15) is 9.67 Å². The molecular formula is C13H15N5OS. The topological polar surface area (TPSA) is 75.3 Å². The molecule has 0 atom stereocenters. The van der Waals surface area contributed by atoms with Crippen LogP contribution in [0.2, 0.25) is 0 Å². The Bertz CT molecular complexity index is 593. The van der Waals surface area contributed by atoms with E-state index in [1.807, 2.05) is 17.0 Å². The van der Waals surface area contributed by atoms with E-state index in [-0.39, 0.29) is 5.91 Å². The lowest BCUT2D eigenvalue weighted by molar-refractivity contribution is 0.0751. The summed E-state index contributed by atoms with van der Waals surface area (Å²) >= 11 is 1.38. The van der Waals surface area contributed by atoms with Gasteiger partial charge in [-0.15, -0.1) is 11.3 Å². The van der Waals surface area contributed by atoms with Crippen molar-refractivity contribution in [2.45, 2.75) is 0 Å². The van der Waals surface area contributed by atoms with Crippen LogP contribution in [-0.4, -0.2) is 47.0 Å². The number of nitrogens with two attached hydrogens (primary N) is 1. The van der Waals surface area contributed by atoms with Gasteiger partial charge in [0.1, 0.15) is 4.88 Å². The molecule has 1 saturated heterocycles. The maximum absolute atomic E-state index is 12.2. The van der Waals surface area contributed by atoms with E-state index >= 15 is 0 Å². The maximum Gasteiger partial charge on any atom is 0.265 e. The lowest BCUT2D eigenvalue weighted by Gasteiger charge is -2.35. The Morgan fingerprint density at radius 3 is 2.75 bits per heavy atom. The molecule has 0 spiro atoms. The standard InChI is InChI=1S/C13H15N5OS/c14-10-2-1-3-16-12(10)17-4-6-18(7-5-17)13(19)11-8-15-9-20-11/h1-3,8-9H,4-7,14H2. The van der Waals surface area contributed by atoms with Crippen molar-refractivity contribution in [2.75, 3.05) is 36.8 Å². The molecule has 0 radical (unpaired) electrons. The molecule has 0 saturated carbocycles. The molecule has 0 aliphatic carbocycles. The van der Waals surface area contributed by atoms with Gasteiger partial charge in [0.2, 0.25) is 0 Å². The summed E-state index contributed by atoms with van der Waals surface area (Å²) in [6, 6.07) is 3.67. The number of hydrogen-bond acceptors (Lipinski definition) is 6. The minimum absolute atomic E-state index is 0.0566. The number of rotatable bonds is 2. The highest BCUT2D eigenvalue weighted by Crippen LogP contribution is 2.21. The average molecular weight is 289 g/mol. The average Bonchev–Trinajstić information content (AvgIpc) is 3.01. The number of piperazine rings is 1. The SMILES string of the molecule is Nc1cccnc1N1CCN(C(=O)c2cncs2)CC1. The van der Waals surface area contributed by atoms with E-state index in [1.165, 1.54) is 11.3 Å². The van der Waals surface area contributed by atoms with Crippen molar-refractivity contribution in [3.8, 4) is 0 Å². The third-order valence-electron chi connectivity index (χ3n) is 3.33. The van der Waals surface area contributed by atoms with E-state index in [0.29, 0.717) is 23.7 Å². The molecule has 2 N–H and O–H groups in total. The smallest absolute Gasteiger partial charge is 0.265 e. The van der Waals surface area contributed by atoms with E-state index in [0.717, 1.165) is 18.9 Å². The third-order valence-corrected chi connectivity index (χ3v) is 4.09. The zero-order chi connectivity index (χ0) is 13.9. The van der Waals surface area contributed by atoms with Crippen molar-refractivity contribution in [3.63, 3.8) is 0 Å². The first-order chi connectivity index (χ1) is 9.75. The number of thiazole rings is 1. The van der Waals surface area contributed by atoms with Crippen molar-refractivity contribution in [1.29, 1.82) is 0 Å². The molecule has 7 heteroatoms. The van der Waals surface area contributed by atoms with Gasteiger partial charge in [-0.3, -0.25) is 9.78 Å². The first kappa shape index (κ1) is 12.9. The molecule has 2 aromatic heterocycles. The predicted molar refractivity (Wildman–Crippen MR) is 78.9 cm³/mol. The van der Waals surface area contributed by atoms with Crippen LogP contribution in [0, 0.1) is 0 Å². The Kier molecular flexibility index (Phi) is 3.51. The Balaban J connectivity index is 1.65. The van der Waals surface area contributed by atoms with Crippen LogP contribution in [0.15, 0.2) is 30.0 Å². The number of carbonyl (C=O) groups is 1. The number of pyridine rings is 1. The third kappa shape index (κ3) is 2.44. The fourth-order valence-electron chi connectivity index (χ4n) is 2.27. The van der Waals surface area contributed by atoms with Gasteiger partial charge in [-0.1, -0.05) is 0 Å². The molecule has 0 unspecified atom stereocenters. The lowest BCUT2D eigenvalue weighted by Crippen LogP contribution is -2.49. The quantitative estimate of drug-likeness (QED) is 0.895. The van der Waals surface area contributed by atoms with Crippen molar-refractivity contribution < 1.29 is 4.79 Å². The van der Waals surface area contributed by atoms with Crippen LogP contribution in [0.3, 0.4) is 0 Å². The van der Waals surface area contributed by atoms with E-state index in [2.05, 4.69) is 14.9 Å². The summed E-state index contributed by atoms with van der Waals surface area (Å²) in [5, 5.41) is 0. The number of nitrogen functional groups attached to an aromatic ring is 1. The van der Waals surface area contributed by atoms with E-state index < -0.39 is 0 Å².